The van der Waals surface area contributed by atoms with Crippen molar-refractivity contribution < 1.29 is 14.4 Å². The van der Waals surface area contributed by atoms with Crippen molar-refractivity contribution in [3.8, 4) is 0 Å². The molecule has 0 saturated carbocycles. The Morgan fingerprint density at radius 2 is 2.00 bits per heavy atom. The van der Waals surface area contributed by atoms with Crippen LogP contribution in [0.4, 0.5) is 0 Å². The van der Waals surface area contributed by atoms with Gasteiger partial charge in [-0.3, -0.25) is 19.8 Å². The molecule has 0 bridgehead atoms. The molecule has 3 N–H and O–H groups in total. The molecule has 1 fully saturated rings. The fraction of sp³-hybridized carbons (Fsp3) is 0.700. The third kappa shape index (κ3) is 3.16. The minimum atomic E-state index is -0.547. The monoisotopic (exact) mass is 242 g/mol. The van der Waals surface area contributed by atoms with Crippen molar-refractivity contribution in [2.75, 3.05) is 19.6 Å². The van der Waals surface area contributed by atoms with E-state index >= 15 is 0 Å². The maximum Gasteiger partial charge on any atom is 0.312 e. The van der Waals surface area contributed by atoms with Gasteiger partial charge in [-0.15, -0.1) is 0 Å². The molecule has 7 heteroatoms. The lowest BCUT2D eigenvalue weighted by atomic mass is 10.2. The number of nitrogens with two attached hydrogens (primary N) is 1. The van der Waals surface area contributed by atoms with E-state index < -0.39 is 11.8 Å². The Hall–Kier alpha value is -1.63. The van der Waals surface area contributed by atoms with Crippen molar-refractivity contribution in [1.29, 1.82) is 0 Å². The van der Waals surface area contributed by atoms with Crippen molar-refractivity contribution in [1.82, 2.24) is 15.2 Å². The number of nitrogens with one attached hydrogen (secondary N) is 1. The van der Waals surface area contributed by atoms with Crippen LogP contribution >= 0.6 is 0 Å². The predicted molar refractivity (Wildman–Crippen MR) is 60.4 cm³/mol. The van der Waals surface area contributed by atoms with Crippen LogP contribution in [0.3, 0.4) is 0 Å². The molecule has 0 aromatic heterocycles. The van der Waals surface area contributed by atoms with Gasteiger partial charge in [-0.05, 0) is 13.8 Å². The summed E-state index contributed by atoms with van der Waals surface area (Å²) in [7, 11) is 0. The normalized spacial score (nSPS) is 16.7. The molecule has 0 aromatic carbocycles. The van der Waals surface area contributed by atoms with Gasteiger partial charge in [-0.1, -0.05) is 0 Å². The van der Waals surface area contributed by atoms with Crippen molar-refractivity contribution in [3.63, 3.8) is 0 Å². The van der Waals surface area contributed by atoms with Crippen LogP contribution in [-0.2, 0) is 14.4 Å². The standard InChI is InChI=1S/C10H18N4O3/c1-7(2)14-6-5-13(9(16)10(14)17)4-3-8(15)12-11/h7H,3-6,11H2,1-2H3,(H,12,15). The summed E-state index contributed by atoms with van der Waals surface area (Å²) in [5, 5.41) is 0. The van der Waals surface area contributed by atoms with Gasteiger partial charge in [0.25, 0.3) is 0 Å². The van der Waals surface area contributed by atoms with Crippen LogP contribution in [-0.4, -0.2) is 53.2 Å². The van der Waals surface area contributed by atoms with Crippen LogP contribution in [0.25, 0.3) is 0 Å². The molecule has 3 amide bonds. The third-order valence-electron chi connectivity index (χ3n) is 2.73. The summed E-state index contributed by atoms with van der Waals surface area (Å²) in [4.78, 5) is 37.3. The Kier molecular flexibility index (Phi) is 4.45. The largest absolute Gasteiger partial charge is 0.332 e. The van der Waals surface area contributed by atoms with E-state index in [-0.39, 0.29) is 24.9 Å². The molecular weight excluding hydrogens is 224 g/mol. The van der Waals surface area contributed by atoms with E-state index in [1.165, 1.54) is 9.80 Å². The van der Waals surface area contributed by atoms with Gasteiger partial charge in [0.05, 0.1) is 0 Å². The number of hydrazine groups is 1. The number of hydrogen-bond donors (Lipinski definition) is 2. The highest BCUT2D eigenvalue weighted by Gasteiger charge is 2.33. The summed E-state index contributed by atoms with van der Waals surface area (Å²) >= 11 is 0. The molecule has 7 nitrogen and oxygen atoms in total. The average molecular weight is 242 g/mol. The molecule has 1 aliphatic heterocycles. The number of hydrogen-bond acceptors (Lipinski definition) is 4. The zero-order chi connectivity index (χ0) is 13.0. The van der Waals surface area contributed by atoms with Gasteiger partial charge in [0.1, 0.15) is 0 Å². The number of piperazine rings is 1. The van der Waals surface area contributed by atoms with Gasteiger partial charge in [0.15, 0.2) is 0 Å². The highest BCUT2D eigenvalue weighted by atomic mass is 16.2. The van der Waals surface area contributed by atoms with Gasteiger partial charge in [-0.25, -0.2) is 5.84 Å². The summed E-state index contributed by atoms with van der Waals surface area (Å²) < 4.78 is 0. The van der Waals surface area contributed by atoms with E-state index in [1.807, 2.05) is 19.3 Å². The first-order chi connectivity index (χ1) is 7.97. The Bertz CT molecular complexity index is 330. The van der Waals surface area contributed by atoms with Crippen LogP contribution in [0.15, 0.2) is 0 Å². The minimum Gasteiger partial charge on any atom is -0.332 e. The Morgan fingerprint density at radius 1 is 1.35 bits per heavy atom. The van der Waals surface area contributed by atoms with Crippen molar-refractivity contribution in [2.24, 2.45) is 5.84 Å². The van der Waals surface area contributed by atoms with E-state index in [0.29, 0.717) is 13.1 Å². The SMILES string of the molecule is CC(C)N1CCN(CCC(=O)NN)C(=O)C1=O. The van der Waals surface area contributed by atoms with Crippen molar-refractivity contribution in [2.45, 2.75) is 26.3 Å². The number of carbonyl (C=O) groups is 3. The Balaban J connectivity index is 2.54. The first kappa shape index (κ1) is 13.4. The minimum absolute atomic E-state index is 0.0148. The van der Waals surface area contributed by atoms with E-state index in [2.05, 4.69) is 0 Å². The summed E-state index contributed by atoms with van der Waals surface area (Å²) in [5.74, 6) is 3.54. The summed E-state index contributed by atoms with van der Waals surface area (Å²) in [6.07, 6.45) is 0.108. The second-order valence-electron chi connectivity index (χ2n) is 4.20. The zero-order valence-electron chi connectivity index (χ0n) is 10.1. The highest BCUT2D eigenvalue weighted by molar-refractivity contribution is 6.35. The number of rotatable bonds is 4. The first-order valence-corrected chi connectivity index (χ1v) is 5.56. The van der Waals surface area contributed by atoms with E-state index in [4.69, 9.17) is 5.84 Å². The lowest BCUT2D eigenvalue weighted by molar-refractivity contribution is -0.157. The fourth-order valence-corrected chi connectivity index (χ4v) is 1.70. The van der Waals surface area contributed by atoms with Crippen LogP contribution in [0.2, 0.25) is 0 Å². The van der Waals surface area contributed by atoms with Crippen LogP contribution in [0.5, 0.6) is 0 Å². The van der Waals surface area contributed by atoms with Crippen LogP contribution < -0.4 is 11.3 Å². The maximum atomic E-state index is 11.7. The fourth-order valence-electron chi connectivity index (χ4n) is 1.70. The molecule has 0 atom stereocenters. The number of nitrogens with zero attached hydrogens (tertiary/aromatic N) is 2. The first-order valence-electron chi connectivity index (χ1n) is 5.56. The Labute approximate surface area is 99.9 Å². The summed E-state index contributed by atoms with van der Waals surface area (Å²) in [5.41, 5.74) is 1.99. The van der Waals surface area contributed by atoms with Gasteiger partial charge in [0.2, 0.25) is 5.91 Å². The van der Waals surface area contributed by atoms with Crippen molar-refractivity contribution in [3.05, 3.63) is 0 Å². The lowest BCUT2D eigenvalue weighted by Gasteiger charge is -2.35. The molecule has 0 unspecified atom stereocenters. The molecule has 17 heavy (non-hydrogen) atoms. The summed E-state index contributed by atoms with van der Waals surface area (Å²) in [6.45, 7) is 4.91. The predicted octanol–water partition coefficient (Wildman–Crippen LogP) is -1.55. The molecule has 1 aliphatic rings. The topological polar surface area (TPSA) is 95.7 Å². The lowest BCUT2D eigenvalue weighted by Crippen LogP contribution is -2.56. The van der Waals surface area contributed by atoms with E-state index in [1.54, 1.807) is 0 Å². The van der Waals surface area contributed by atoms with Gasteiger partial charge in [0, 0.05) is 32.1 Å². The molecule has 0 radical (unpaired) electrons. The van der Waals surface area contributed by atoms with E-state index in [0.717, 1.165) is 0 Å². The quantitative estimate of drug-likeness (QED) is 0.270. The van der Waals surface area contributed by atoms with Crippen LogP contribution in [0, 0.1) is 0 Å². The molecule has 96 valence electrons. The van der Waals surface area contributed by atoms with Gasteiger partial charge in [-0.2, -0.15) is 0 Å². The number of carbonyl (C=O) groups excluding carboxylic acids is 3. The smallest absolute Gasteiger partial charge is 0.312 e. The molecule has 0 aliphatic carbocycles. The molecule has 1 rings (SSSR count). The highest BCUT2D eigenvalue weighted by Crippen LogP contribution is 2.09. The van der Waals surface area contributed by atoms with Gasteiger partial charge < -0.3 is 9.80 Å². The molecule has 1 saturated heterocycles. The second kappa shape index (κ2) is 5.62. The maximum absolute atomic E-state index is 11.7. The molecule has 0 aromatic rings. The van der Waals surface area contributed by atoms with E-state index in [9.17, 15) is 14.4 Å². The molecular formula is C10H18N4O3. The van der Waals surface area contributed by atoms with Crippen molar-refractivity contribution >= 4 is 17.7 Å². The second-order valence-corrected chi connectivity index (χ2v) is 4.20. The zero-order valence-corrected chi connectivity index (χ0v) is 10.1. The number of amides is 3. The Morgan fingerprint density at radius 3 is 2.53 bits per heavy atom. The average Bonchev–Trinajstić information content (AvgIpc) is 2.30. The van der Waals surface area contributed by atoms with Crippen LogP contribution in [0.1, 0.15) is 20.3 Å². The molecule has 0 spiro atoms. The summed E-state index contributed by atoms with van der Waals surface area (Å²) in [6, 6.07) is 0.0148. The third-order valence-corrected chi connectivity index (χ3v) is 2.73. The van der Waals surface area contributed by atoms with Gasteiger partial charge >= 0.3 is 11.8 Å². The molecule has 1 heterocycles.